The molecular weight excluding hydrogens is 272 g/mol. The van der Waals surface area contributed by atoms with Crippen LogP contribution in [-0.2, 0) is 9.53 Å². The SMILES string of the molecule is CCCC1NC(c2cccs2)N(CC(C)(C)OC)C1=O. The minimum Gasteiger partial charge on any atom is -0.377 e. The highest BCUT2D eigenvalue weighted by atomic mass is 32.1. The van der Waals surface area contributed by atoms with Gasteiger partial charge in [-0.05, 0) is 31.7 Å². The molecule has 0 aromatic carbocycles. The van der Waals surface area contributed by atoms with Crippen LogP contribution in [0.2, 0.25) is 0 Å². The molecule has 1 amide bonds. The molecule has 1 aromatic rings. The van der Waals surface area contributed by atoms with Gasteiger partial charge in [0.1, 0.15) is 6.17 Å². The number of thiophene rings is 1. The molecule has 2 heterocycles. The van der Waals surface area contributed by atoms with E-state index in [-0.39, 0.29) is 23.7 Å². The first-order chi connectivity index (χ1) is 9.48. The zero-order valence-corrected chi connectivity index (χ0v) is 13.5. The number of carbonyl (C=O) groups is 1. The van der Waals surface area contributed by atoms with Crippen LogP contribution in [0.25, 0.3) is 0 Å². The lowest BCUT2D eigenvalue weighted by atomic mass is 10.1. The first-order valence-electron chi connectivity index (χ1n) is 7.13. The Hall–Kier alpha value is -0.910. The van der Waals surface area contributed by atoms with Crippen molar-refractivity contribution in [2.24, 2.45) is 0 Å². The van der Waals surface area contributed by atoms with E-state index in [1.807, 2.05) is 30.2 Å². The van der Waals surface area contributed by atoms with Crippen molar-refractivity contribution in [2.75, 3.05) is 13.7 Å². The van der Waals surface area contributed by atoms with E-state index in [0.717, 1.165) is 12.8 Å². The van der Waals surface area contributed by atoms with Crippen molar-refractivity contribution in [3.8, 4) is 0 Å². The van der Waals surface area contributed by atoms with E-state index in [4.69, 9.17) is 4.74 Å². The maximum absolute atomic E-state index is 12.6. The van der Waals surface area contributed by atoms with Gasteiger partial charge < -0.3 is 9.64 Å². The van der Waals surface area contributed by atoms with Gasteiger partial charge in [0.2, 0.25) is 5.91 Å². The number of rotatable bonds is 6. The lowest BCUT2D eigenvalue weighted by Gasteiger charge is -2.32. The van der Waals surface area contributed by atoms with E-state index in [0.29, 0.717) is 6.54 Å². The Labute approximate surface area is 125 Å². The smallest absolute Gasteiger partial charge is 0.241 e. The van der Waals surface area contributed by atoms with Crippen LogP contribution in [0, 0.1) is 0 Å². The number of nitrogens with one attached hydrogen (secondary N) is 1. The highest BCUT2D eigenvalue weighted by Gasteiger charge is 2.41. The molecule has 1 N–H and O–H groups in total. The zero-order chi connectivity index (χ0) is 14.8. The topological polar surface area (TPSA) is 41.6 Å². The van der Waals surface area contributed by atoms with Crippen molar-refractivity contribution in [3.63, 3.8) is 0 Å². The van der Waals surface area contributed by atoms with Crippen molar-refractivity contribution in [1.82, 2.24) is 10.2 Å². The van der Waals surface area contributed by atoms with Crippen LogP contribution < -0.4 is 5.32 Å². The molecule has 1 fully saturated rings. The molecule has 0 saturated carbocycles. The number of hydrogen-bond donors (Lipinski definition) is 1. The fraction of sp³-hybridized carbons (Fsp3) is 0.667. The summed E-state index contributed by atoms with van der Waals surface area (Å²) in [5.74, 6) is 0.190. The molecule has 1 saturated heterocycles. The summed E-state index contributed by atoms with van der Waals surface area (Å²) in [6.07, 6.45) is 1.86. The van der Waals surface area contributed by atoms with Gasteiger partial charge in [0.15, 0.2) is 0 Å². The Balaban J connectivity index is 2.21. The lowest BCUT2D eigenvalue weighted by molar-refractivity contribution is -0.133. The minimum absolute atomic E-state index is 0.0199. The van der Waals surface area contributed by atoms with Gasteiger partial charge in [-0.1, -0.05) is 19.4 Å². The zero-order valence-electron chi connectivity index (χ0n) is 12.7. The molecule has 20 heavy (non-hydrogen) atoms. The molecule has 0 spiro atoms. The maximum Gasteiger partial charge on any atom is 0.241 e. The van der Waals surface area contributed by atoms with Crippen LogP contribution >= 0.6 is 11.3 Å². The first-order valence-corrected chi connectivity index (χ1v) is 8.01. The Morgan fingerprint density at radius 2 is 2.25 bits per heavy atom. The van der Waals surface area contributed by atoms with Gasteiger partial charge in [0.25, 0.3) is 0 Å². The second-order valence-electron chi connectivity index (χ2n) is 5.86. The van der Waals surface area contributed by atoms with Gasteiger partial charge in [-0.3, -0.25) is 10.1 Å². The molecule has 0 radical (unpaired) electrons. The fourth-order valence-corrected chi connectivity index (χ4v) is 3.30. The normalized spacial score (nSPS) is 23.6. The Morgan fingerprint density at radius 1 is 1.50 bits per heavy atom. The predicted molar refractivity (Wildman–Crippen MR) is 81.7 cm³/mol. The average molecular weight is 296 g/mol. The summed E-state index contributed by atoms with van der Waals surface area (Å²) >= 11 is 1.68. The summed E-state index contributed by atoms with van der Waals surface area (Å²) in [7, 11) is 1.69. The number of nitrogens with zero attached hydrogens (tertiary/aromatic N) is 1. The first kappa shape index (κ1) is 15.5. The molecule has 2 rings (SSSR count). The molecule has 0 aliphatic carbocycles. The van der Waals surface area contributed by atoms with E-state index in [9.17, 15) is 4.79 Å². The van der Waals surface area contributed by atoms with Gasteiger partial charge in [-0.15, -0.1) is 11.3 Å². The Kier molecular flexibility index (Phi) is 4.83. The van der Waals surface area contributed by atoms with Gasteiger partial charge >= 0.3 is 0 Å². The van der Waals surface area contributed by atoms with E-state index in [1.165, 1.54) is 4.88 Å². The molecule has 112 valence electrons. The second kappa shape index (κ2) is 6.24. The molecule has 1 aromatic heterocycles. The van der Waals surface area contributed by atoms with Crippen molar-refractivity contribution < 1.29 is 9.53 Å². The van der Waals surface area contributed by atoms with Gasteiger partial charge in [-0.25, -0.2) is 0 Å². The minimum atomic E-state index is -0.339. The third-order valence-electron chi connectivity index (χ3n) is 3.75. The molecule has 5 heteroatoms. The summed E-state index contributed by atoms with van der Waals surface area (Å²) < 4.78 is 5.49. The van der Waals surface area contributed by atoms with Crippen molar-refractivity contribution in [2.45, 2.75) is 51.4 Å². The van der Waals surface area contributed by atoms with E-state index < -0.39 is 0 Å². The number of amides is 1. The van der Waals surface area contributed by atoms with Crippen molar-refractivity contribution in [3.05, 3.63) is 22.4 Å². The second-order valence-corrected chi connectivity index (χ2v) is 6.84. The number of ether oxygens (including phenoxy) is 1. The third-order valence-corrected chi connectivity index (χ3v) is 4.67. The van der Waals surface area contributed by atoms with E-state index in [1.54, 1.807) is 18.4 Å². The van der Waals surface area contributed by atoms with Crippen molar-refractivity contribution >= 4 is 17.2 Å². The highest BCUT2D eigenvalue weighted by molar-refractivity contribution is 7.10. The van der Waals surface area contributed by atoms with Crippen LogP contribution in [0.5, 0.6) is 0 Å². The maximum atomic E-state index is 12.6. The third kappa shape index (κ3) is 3.22. The summed E-state index contributed by atoms with van der Waals surface area (Å²) in [6, 6.07) is 4.04. The molecular formula is C15H24N2O2S. The Bertz CT molecular complexity index is 445. The Morgan fingerprint density at radius 3 is 2.80 bits per heavy atom. The highest BCUT2D eigenvalue weighted by Crippen LogP contribution is 2.31. The molecule has 4 nitrogen and oxygen atoms in total. The van der Waals surface area contributed by atoms with Crippen LogP contribution in [-0.4, -0.2) is 36.1 Å². The standard InChI is InChI=1S/C15H24N2O2S/c1-5-7-11-14(18)17(10-15(2,3)19-4)13(16-11)12-8-6-9-20-12/h6,8-9,11,13,16H,5,7,10H2,1-4H3. The largest absolute Gasteiger partial charge is 0.377 e. The van der Waals surface area contributed by atoms with Gasteiger partial charge in [0, 0.05) is 12.0 Å². The quantitative estimate of drug-likeness (QED) is 0.877. The summed E-state index contributed by atoms with van der Waals surface area (Å²) in [6.45, 7) is 6.73. The van der Waals surface area contributed by atoms with Gasteiger partial charge in [0.05, 0.1) is 18.2 Å². The van der Waals surface area contributed by atoms with Crippen molar-refractivity contribution in [1.29, 1.82) is 0 Å². The summed E-state index contributed by atoms with van der Waals surface area (Å²) in [5, 5.41) is 5.52. The molecule has 2 unspecified atom stereocenters. The number of carbonyl (C=O) groups excluding carboxylic acids is 1. The van der Waals surface area contributed by atoms with E-state index >= 15 is 0 Å². The summed E-state index contributed by atoms with van der Waals surface area (Å²) in [5.41, 5.74) is -0.339. The predicted octanol–water partition coefficient (Wildman–Crippen LogP) is 2.77. The van der Waals surface area contributed by atoms with Gasteiger partial charge in [-0.2, -0.15) is 0 Å². The molecule has 2 atom stereocenters. The molecule has 1 aliphatic rings. The van der Waals surface area contributed by atoms with Crippen LogP contribution in [0.4, 0.5) is 0 Å². The molecule has 1 aliphatic heterocycles. The summed E-state index contributed by atoms with van der Waals surface area (Å²) in [4.78, 5) is 15.7. The van der Waals surface area contributed by atoms with Crippen LogP contribution in [0.3, 0.4) is 0 Å². The van der Waals surface area contributed by atoms with Crippen LogP contribution in [0.1, 0.15) is 44.7 Å². The number of methoxy groups -OCH3 is 1. The van der Waals surface area contributed by atoms with Crippen LogP contribution in [0.15, 0.2) is 17.5 Å². The fourth-order valence-electron chi connectivity index (χ4n) is 2.50. The average Bonchev–Trinajstić information content (AvgIpc) is 3.02. The lowest BCUT2D eigenvalue weighted by Crippen LogP contribution is -2.43. The molecule has 0 bridgehead atoms. The monoisotopic (exact) mass is 296 g/mol. The number of hydrogen-bond acceptors (Lipinski definition) is 4. The van der Waals surface area contributed by atoms with E-state index in [2.05, 4.69) is 18.3 Å².